The molecule has 2 rings (SSSR count). The molecule has 0 saturated heterocycles. The summed E-state index contributed by atoms with van der Waals surface area (Å²) in [6, 6.07) is 12.7. The van der Waals surface area contributed by atoms with E-state index in [9.17, 15) is 4.39 Å². The Morgan fingerprint density at radius 3 is 2.58 bits per heavy atom. The van der Waals surface area contributed by atoms with Crippen LogP contribution in [0.5, 0.6) is 0 Å². The zero-order chi connectivity index (χ0) is 13.8. The number of nitrogens with one attached hydrogen (secondary N) is 1. The Bertz CT molecular complexity index is 548. The van der Waals surface area contributed by atoms with E-state index in [0.717, 1.165) is 12.0 Å². The summed E-state index contributed by atoms with van der Waals surface area (Å²) < 4.78 is 14.0. The Morgan fingerprint density at radius 2 is 1.95 bits per heavy atom. The third-order valence-corrected chi connectivity index (χ3v) is 3.60. The van der Waals surface area contributed by atoms with E-state index in [-0.39, 0.29) is 11.9 Å². The van der Waals surface area contributed by atoms with Gasteiger partial charge in [-0.15, -0.1) is 0 Å². The lowest BCUT2D eigenvalue weighted by atomic mass is 9.96. The van der Waals surface area contributed by atoms with Gasteiger partial charge in [0.15, 0.2) is 0 Å². The van der Waals surface area contributed by atoms with Gasteiger partial charge < -0.3 is 5.32 Å². The molecule has 1 atom stereocenters. The SMILES string of the molecule is CCc1cccc(C(NC)c2c(F)cccc2Cl)c1. The average molecular weight is 278 g/mol. The summed E-state index contributed by atoms with van der Waals surface area (Å²) in [4.78, 5) is 0. The van der Waals surface area contributed by atoms with Gasteiger partial charge in [0.25, 0.3) is 0 Å². The van der Waals surface area contributed by atoms with Crippen LogP contribution in [-0.4, -0.2) is 7.05 Å². The first-order valence-corrected chi connectivity index (χ1v) is 6.75. The van der Waals surface area contributed by atoms with Gasteiger partial charge in [0.1, 0.15) is 5.82 Å². The molecule has 0 saturated carbocycles. The molecule has 0 aromatic heterocycles. The van der Waals surface area contributed by atoms with Gasteiger partial charge in [0.2, 0.25) is 0 Å². The van der Waals surface area contributed by atoms with E-state index in [1.54, 1.807) is 12.1 Å². The Hall–Kier alpha value is -1.38. The molecule has 19 heavy (non-hydrogen) atoms. The first kappa shape index (κ1) is 14.0. The second-order valence-electron chi connectivity index (χ2n) is 4.46. The monoisotopic (exact) mass is 277 g/mol. The lowest BCUT2D eigenvalue weighted by Gasteiger charge is -2.20. The maximum Gasteiger partial charge on any atom is 0.129 e. The van der Waals surface area contributed by atoms with Crippen LogP contribution in [0.25, 0.3) is 0 Å². The zero-order valence-corrected chi connectivity index (χ0v) is 11.8. The van der Waals surface area contributed by atoms with Crippen molar-refractivity contribution < 1.29 is 4.39 Å². The van der Waals surface area contributed by atoms with E-state index in [0.29, 0.717) is 10.6 Å². The molecule has 2 aromatic rings. The highest BCUT2D eigenvalue weighted by atomic mass is 35.5. The maximum absolute atomic E-state index is 14.0. The van der Waals surface area contributed by atoms with Gasteiger partial charge in [-0.05, 0) is 36.7 Å². The first-order valence-electron chi connectivity index (χ1n) is 6.37. The summed E-state index contributed by atoms with van der Waals surface area (Å²) in [5, 5.41) is 3.59. The second kappa shape index (κ2) is 6.18. The molecule has 0 heterocycles. The van der Waals surface area contributed by atoms with Crippen molar-refractivity contribution in [3.05, 3.63) is 70.0 Å². The van der Waals surface area contributed by atoms with E-state index in [1.165, 1.54) is 11.6 Å². The minimum absolute atomic E-state index is 0.236. The average Bonchev–Trinajstić information content (AvgIpc) is 2.43. The van der Waals surface area contributed by atoms with Gasteiger partial charge in [-0.3, -0.25) is 0 Å². The summed E-state index contributed by atoms with van der Waals surface area (Å²) >= 11 is 6.15. The molecule has 1 N–H and O–H groups in total. The molecule has 1 nitrogen and oxygen atoms in total. The Morgan fingerprint density at radius 1 is 1.21 bits per heavy atom. The third kappa shape index (κ3) is 2.96. The molecule has 0 spiro atoms. The molecule has 0 aliphatic rings. The molecule has 0 aliphatic carbocycles. The van der Waals surface area contributed by atoms with Crippen molar-refractivity contribution in [2.24, 2.45) is 0 Å². The van der Waals surface area contributed by atoms with Crippen LogP contribution in [0.3, 0.4) is 0 Å². The van der Waals surface area contributed by atoms with Crippen molar-refractivity contribution in [2.75, 3.05) is 7.05 Å². The van der Waals surface area contributed by atoms with Crippen LogP contribution in [0.1, 0.15) is 29.7 Å². The fourth-order valence-corrected chi connectivity index (χ4v) is 2.53. The number of aryl methyl sites for hydroxylation is 1. The minimum Gasteiger partial charge on any atom is -0.309 e. The highest BCUT2D eigenvalue weighted by Crippen LogP contribution is 2.30. The molecule has 1 unspecified atom stereocenters. The standard InChI is InChI=1S/C16H17ClFN/c1-3-11-6-4-7-12(10-11)16(19-2)15-13(17)8-5-9-14(15)18/h4-10,16,19H,3H2,1-2H3. The van der Waals surface area contributed by atoms with E-state index < -0.39 is 0 Å². The molecule has 0 amide bonds. The van der Waals surface area contributed by atoms with E-state index >= 15 is 0 Å². The summed E-state index contributed by atoms with van der Waals surface area (Å²) in [5.41, 5.74) is 2.75. The van der Waals surface area contributed by atoms with Crippen molar-refractivity contribution in [3.8, 4) is 0 Å². The predicted octanol–water partition coefficient (Wildman–Crippen LogP) is 4.35. The molecular formula is C16H17ClFN. The van der Waals surface area contributed by atoms with E-state index in [4.69, 9.17) is 11.6 Å². The quantitative estimate of drug-likeness (QED) is 0.876. The van der Waals surface area contributed by atoms with Gasteiger partial charge in [0.05, 0.1) is 6.04 Å². The highest BCUT2D eigenvalue weighted by Gasteiger charge is 2.19. The van der Waals surface area contributed by atoms with E-state index in [2.05, 4.69) is 24.4 Å². The Labute approximate surface area is 118 Å². The van der Waals surface area contributed by atoms with Crippen LogP contribution in [0.15, 0.2) is 42.5 Å². The number of rotatable bonds is 4. The number of benzene rings is 2. The Kier molecular flexibility index (Phi) is 4.56. The van der Waals surface area contributed by atoms with Crippen LogP contribution in [0.4, 0.5) is 4.39 Å². The van der Waals surface area contributed by atoms with Crippen molar-refractivity contribution >= 4 is 11.6 Å². The Balaban J connectivity index is 2.50. The molecule has 0 bridgehead atoms. The smallest absolute Gasteiger partial charge is 0.129 e. The van der Waals surface area contributed by atoms with Crippen LogP contribution >= 0.6 is 11.6 Å². The summed E-state index contributed by atoms with van der Waals surface area (Å²) in [6.45, 7) is 2.10. The molecule has 0 fully saturated rings. The van der Waals surface area contributed by atoms with Gasteiger partial charge in [-0.1, -0.05) is 48.9 Å². The third-order valence-electron chi connectivity index (χ3n) is 3.27. The normalized spacial score (nSPS) is 12.4. The van der Waals surface area contributed by atoms with Crippen LogP contribution in [0.2, 0.25) is 5.02 Å². The van der Waals surface area contributed by atoms with Gasteiger partial charge in [-0.2, -0.15) is 0 Å². The minimum atomic E-state index is -0.284. The fraction of sp³-hybridized carbons (Fsp3) is 0.250. The zero-order valence-electron chi connectivity index (χ0n) is 11.1. The highest BCUT2D eigenvalue weighted by molar-refractivity contribution is 6.31. The summed E-state index contributed by atoms with van der Waals surface area (Å²) in [6.07, 6.45) is 0.954. The predicted molar refractivity (Wildman–Crippen MR) is 78.1 cm³/mol. The topological polar surface area (TPSA) is 12.0 Å². The molecular weight excluding hydrogens is 261 g/mol. The molecule has 0 aliphatic heterocycles. The first-order chi connectivity index (χ1) is 9.17. The van der Waals surface area contributed by atoms with Gasteiger partial charge in [-0.25, -0.2) is 4.39 Å². The van der Waals surface area contributed by atoms with Gasteiger partial charge in [0, 0.05) is 10.6 Å². The number of halogens is 2. The molecule has 3 heteroatoms. The van der Waals surface area contributed by atoms with Crippen molar-refractivity contribution in [2.45, 2.75) is 19.4 Å². The lowest BCUT2D eigenvalue weighted by molar-refractivity contribution is 0.576. The van der Waals surface area contributed by atoms with Crippen molar-refractivity contribution in [1.82, 2.24) is 5.32 Å². The number of hydrogen-bond donors (Lipinski definition) is 1. The largest absolute Gasteiger partial charge is 0.309 e. The van der Waals surface area contributed by atoms with Gasteiger partial charge >= 0.3 is 0 Å². The van der Waals surface area contributed by atoms with E-state index in [1.807, 2.05) is 19.2 Å². The molecule has 0 radical (unpaired) electrons. The number of hydrogen-bond acceptors (Lipinski definition) is 1. The summed E-state index contributed by atoms with van der Waals surface area (Å²) in [7, 11) is 1.81. The van der Waals surface area contributed by atoms with Crippen molar-refractivity contribution in [1.29, 1.82) is 0 Å². The fourth-order valence-electron chi connectivity index (χ4n) is 2.26. The van der Waals surface area contributed by atoms with Crippen molar-refractivity contribution in [3.63, 3.8) is 0 Å². The second-order valence-corrected chi connectivity index (χ2v) is 4.86. The lowest BCUT2D eigenvalue weighted by Crippen LogP contribution is -2.19. The van der Waals surface area contributed by atoms with Crippen LogP contribution in [0, 0.1) is 5.82 Å². The van der Waals surface area contributed by atoms with Crippen LogP contribution < -0.4 is 5.32 Å². The molecule has 2 aromatic carbocycles. The van der Waals surface area contributed by atoms with Crippen LogP contribution in [-0.2, 0) is 6.42 Å². The maximum atomic E-state index is 14.0. The molecule has 100 valence electrons. The summed E-state index contributed by atoms with van der Waals surface area (Å²) in [5.74, 6) is -0.284.